The van der Waals surface area contributed by atoms with Crippen molar-refractivity contribution in [3.63, 3.8) is 0 Å². The van der Waals surface area contributed by atoms with Crippen molar-refractivity contribution in [3.05, 3.63) is 0 Å². The van der Waals surface area contributed by atoms with Crippen molar-refractivity contribution < 1.29 is 14.3 Å². The standard InChI is InChI=1S/C5H10O3.CH5N/c1-7-4-5-8-3-2-6;1-2/h2H,3-5H2,1H3;2H2,1H3. The van der Waals surface area contributed by atoms with Crippen molar-refractivity contribution in [2.45, 2.75) is 0 Å². The van der Waals surface area contributed by atoms with Gasteiger partial charge in [-0.05, 0) is 7.05 Å². The Morgan fingerprint density at radius 2 is 2.00 bits per heavy atom. The van der Waals surface area contributed by atoms with Gasteiger partial charge in [-0.3, -0.25) is 0 Å². The third-order valence-electron chi connectivity index (χ3n) is 0.618. The maximum Gasteiger partial charge on any atom is 0.145 e. The molecule has 0 heterocycles. The zero-order valence-electron chi connectivity index (χ0n) is 6.50. The molecule has 0 saturated heterocycles. The lowest BCUT2D eigenvalue weighted by molar-refractivity contribution is -0.112. The molecule has 4 nitrogen and oxygen atoms in total. The van der Waals surface area contributed by atoms with E-state index in [0.717, 1.165) is 6.29 Å². The van der Waals surface area contributed by atoms with E-state index < -0.39 is 0 Å². The highest BCUT2D eigenvalue weighted by Gasteiger charge is 1.81. The van der Waals surface area contributed by atoms with Gasteiger partial charge in [-0.1, -0.05) is 0 Å². The van der Waals surface area contributed by atoms with Crippen LogP contribution in [-0.4, -0.2) is 40.3 Å². The fourth-order valence-corrected chi connectivity index (χ4v) is 0.274. The molecule has 0 spiro atoms. The number of aldehydes is 1. The summed E-state index contributed by atoms with van der Waals surface area (Å²) in [6.07, 6.45) is 0.718. The third-order valence-corrected chi connectivity index (χ3v) is 0.618. The number of hydrogen-bond acceptors (Lipinski definition) is 4. The van der Waals surface area contributed by atoms with Gasteiger partial charge in [-0.15, -0.1) is 0 Å². The molecule has 0 saturated carbocycles. The molecule has 0 radical (unpaired) electrons. The summed E-state index contributed by atoms with van der Waals surface area (Å²) in [4.78, 5) is 9.60. The Balaban J connectivity index is 0. The summed E-state index contributed by atoms with van der Waals surface area (Å²) in [7, 11) is 3.09. The van der Waals surface area contributed by atoms with Gasteiger partial charge in [0.05, 0.1) is 13.2 Å². The zero-order chi connectivity index (χ0) is 8.24. The van der Waals surface area contributed by atoms with Crippen molar-refractivity contribution in [1.82, 2.24) is 0 Å². The second-order valence-corrected chi connectivity index (χ2v) is 1.23. The summed E-state index contributed by atoms with van der Waals surface area (Å²) in [5.41, 5.74) is 4.50. The topological polar surface area (TPSA) is 61.6 Å². The van der Waals surface area contributed by atoms with Crippen LogP contribution in [0.3, 0.4) is 0 Å². The van der Waals surface area contributed by atoms with E-state index in [1.165, 1.54) is 7.05 Å². The van der Waals surface area contributed by atoms with Crippen LogP contribution in [0.25, 0.3) is 0 Å². The predicted octanol–water partition coefficient (Wildman–Crippen LogP) is -0.577. The maximum atomic E-state index is 9.60. The van der Waals surface area contributed by atoms with Crippen molar-refractivity contribution in [1.29, 1.82) is 0 Å². The van der Waals surface area contributed by atoms with Crippen molar-refractivity contribution >= 4 is 6.29 Å². The second kappa shape index (κ2) is 15.8. The molecular formula is C6H15NO3. The number of methoxy groups -OCH3 is 1. The highest BCUT2D eigenvalue weighted by molar-refractivity contribution is 5.50. The molecule has 0 rings (SSSR count). The van der Waals surface area contributed by atoms with E-state index in [4.69, 9.17) is 4.74 Å². The first kappa shape index (κ1) is 12.2. The smallest absolute Gasteiger partial charge is 0.145 e. The van der Waals surface area contributed by atoms with Crippen LogP contribution in [0.15, 0.2) is 0 Å². The minimum absolute atomic E-state index is 0.170. The van der Waals surface area contributed by atoms with E-state index >= 15 is 0 Å². The molecule has 0 aromatic carbocycles. The average molecular weight is 149 g/mol. The van der Waals surface area contributed by atoms with Gasteiger partial charge in [0.1, 0.15) is 12.9 Å². The van der Waals surface area contributed by atoms with Crippen LogP contribution in [0.4, 0.5) is 0 Å². The van der Waals surface area contributed by atoms with Crippen LogP contribution in [-0.2, 0) is 14.3 Å². The van der Waals surface area contributed by atoms with Gasteiger partial charge < -0.3 is 20.0 Å². The van der Waals surface area contributed by atoms with Crippen molar-refractivity contribution in [2.75, 3.05) is 34.0 Å². The number of hydrogen-bond donors (Lipinski definition) is 1. The summed E-state index contributed by atoms with van der Waals surface area (Å²) < 4.78 is 9.38. The molecule has 0 unspecified atom stereocenters. The van der Waals surface area contributed by atoms with Gasteiger partial charge in [0, 0.05) is 7.11 Å². The lowest BCUT2D eigenvalue weighted by Gasteiger charge is -1.95. The summed E-state index contributed by atoms with van der Waals surface area (Å²) >= 11 is 0. The summed E-state index contributed by atoms with van der Waals surface area (Å²) in [5.74, 6) is 0. The fourth-order valence-electron chi connectivity index (χ4n) is 0.274. The Morgan fingerprint density at radius 3 is 2.40 bits per heavy atom. The lowest BCUT2D eigenvalue weighted by Crippen LogP contribution is -2.02. The van der Waals surface area contributed by atoms with E-state index in [2.05, 4.69) is 10.5 Å². The minimum atomic E-state index is 0.170. The molecule has 2 N–H and O–H groups in total. The molecule has 4 heteroatoms. The lowest BCUT2D eigenvalue weighted by atomic mass is 10.7. The fraction of sp³-hybridized carbons (Fsp3) is 0.833. The molecule has 0 aliphatic carbocycles. The van der Waals surface area contributed by atoms with Gasteiger partial charge in [0.2, 0.25) is 0 Å². The zero-order valence-corrected chi connectivity index (χ0v) is 6.50. The highest BCUT2D eigenvalue weighted by atomic mass is 16.5. The largest absolute Gasteiger partial charge is 0.382 e. The molecule has 0 aromatic rings. The van der Waals surface area contributed by atoms with Crippen molar-refractivity contribution in [3.8, 4) is 0 Å². The molecule has 10 heavy (non-hydrogen) atoms. The predicted molar refractivity (Wildman–Crippen MR) is 38.9 cm³/mol. The molecule has 0 bridgehead atoms. The number of ether oxygens (including phenoxy) is 2. The first-order chi connectivity index (χ1) is 4.91. The minimum Gasteiger partial charge on any atom is -0.382 e. The second-order valence-electron chi connectivity index (χ2n) is 1.23. The number of nitrogens with two attached hydrogens (primary N) is 1. The SMILES string of the molecule is CN.COCCOCC=O. The highest BCUT2D eigenvalue weighted by Crippen LogP contribution is 1.70. The van der Waals surface area contributed by atoms with Gasteiger partial charge in [0.25, 0.3) is 0 Å². The summed E-state index contributed by atoms with van der Waals surface area (Å²) in [5, 5.41) is 0. The van der Waals surface area contributed by atoms with E-state index in [0.29, 0.717) is 13.2 Å². The first-order valence-corrected chi connectivity index (χ1v) is 3.00. The Kier molecular flexibility index (Phi) is 19.4. The van der Waals surface area contributed by atoms with E-state index in [-0.39, 0.29) is 6.61 Å². The van der Waals surface area contributed by atoms with Crippen LogP contribution >= 0.6 is 0 Å². The molecule has 62 valence electrons. The number of rotatable bonds is 5. The van der Waals surface area contributed by atoms with Crippen LogP contribution < -0.4 is 5.73 Å². The monoisotopic (exact) mass is 149 g/mol. The normalized spacial score (nSPS) is 7.90. The Labute approximate surface area is 61.3 Å². The van der Waals surface area contributed by atoms with Gasteiger partial charge in [-0.2, -0.15) is 0 Å². The molecule has 0 aliphatic heterocycles. The summed E-state index contributed by atoms with van der Waals surface area (Å²) in [6, 6.07) is 0. The van der Waals surface area contributed by atoms with Crippen LogP contribution in [0, 0.1) is 0 Å². The Bertz CT molecular complexity index is 59.0. The Hall–Kier alpha value is -0.450. The molecule has 0 aromatic heterocycles. The van der Waals surface area contributed by atoms with Crippen LogP contribution in [0.5, 0.6) is 0 Å². The molecule has 0 aliphatic rings. The van der Waals surface area contributed by atoms with Gasteiger partial charge in [0.15, 0.2) is 0 Å². The number of carbonyl (C=O) groups excluding carboxylic acids is 1. The third kappa shape index (κ3) is 15.6. The summed E-state index contributed by atoms with van der Waals surface area (Å²) in [6.45, 7) is 1.21. The quantitative estimate of drug-likeness (QED) is 0.420. The van der Waals surface area contributed by atoms with Crippen molar-refractivity contribution in [2.24, 2.45) is 5.73 Å². The molecule has 0 atom stereocenters. The Morgan fingerprint density at radius 1 is 1.40 bits per heavy atom. The molecule has 0 amide bonds. The van der Waals surface area contributed by atoms with E-state index in [1.807, 2.05) is 0 Å². The number of carbonyl (C=O) groups is 1. The van der Waals surface area contributed by atoms with Crippen LogP contribution in [0.2, 0.25) is 0 Å². The van der Waals surface area contributed by atoms with Crippen LogP contribution in [0.1, 0.15) is 0 Å². The average Bonchev–Trinajstić information content (AvgIpc) is 2.02. The van der Waals surface area contributed by atoms with Gasteiger partial charge in [-0.25, -0.2) is 0 Å². The molecule has 0 fully saturated rings. The molecular weight excluding hydrogens is 134 g/mol. The van der Waals surface area contributed by atoms with E-state index in [1.54, 1.807) is 7.11 Å². The van der Waals surface area contributed by atoms with Gasteiger partial charge >= 0.3 is 0 Å². The van der Waals surface area contributed by atoms with E-state index in [9.17, 15) is 4.79 Å². The first-order valence-electron chi connectivity index (χ1n) is 3.00. The maximum absolute atomic E-state index is 9.60.